The maximum Gasteiger partial charge on any atom is 0.238 e. The van der Waals surface area contributed by atoms with Crippen LogP contribution < -0.4 is 0 Å². The average molecular weight is 1050 g/mol. The molecule has 0 bridgehead atoms. The molecule has 0 N–H and O–H groups in total. The molecule has 0 fully saturated rings. The highest BCUT2D eigenvalue weighted by atomic mass is 15.2. The first-order valence-electron chi connectivity index (χ1n) is 28.7. The first-order chi connectivity index (χ1) is 38.7. The van der Waals surface area contributed by atoms with E-state index < -0.39 is 0 Å². The molecule has 0 atom stereocenters. The third-order valence-corrected chi connectivity index (χ3v) is 17.1. The fraction of sp³-hybridized carbons (Fsp3) is 0.213. The highest BCUT2D eigenvalue weighted by molar-refractivity contribution is 6.14. The van der Waals surface area contributed by atoms with Crippen molar-refractivity contribution in [2.75, 3.05) is 0 Å². The van der Waals surface area contributed by atoms with Crippen LogP contribution in [0, 0.1) is 0 Å². The maximum absolute atomic E-state index is 5.55. The number of aromatic nitrogens is 6. The van der Waals surface area contributed by atoms with Gasteiger partial charge in [-0.3, -0.25) is 4.57 Å². The summed E-state index contributed by atoms with van der Waals surface area (Å²) in [5.41, 5.74) is 16.0. The van der Waals surface area contributed by atoms with Crippen molar-refractivity contribution in [3.05, 3.63) is 216 Å². The van der Waals surface area contributed by atoms with Crippen LogP contribution in [0.4, 0.5) is 0 Å². The summed E-state index contributed by atoms with van der Waals surface area (Å²) in [6.45, 7) is 27.7. The van der Waals surface area contributed by atoms with Crippen LogP contribution in [0.15, 0.2) is 194 Å². The standard InChI is InChI=1S/C75H68N6/c1-72(2,3)47-27-33-63-57(39-47)58-40-48(73(4,5)6)28-34-64(58)79(63)51-31-37-67-61(43-51)62-44-52(80-65-35-29-49(74(7,8)9)41-59(65)60-42-50(75(10,11)12)30-36-66(60)80)32-38-68(62)81(67)71-77-69(55-25-17-21-45-19-13-15-23-53(45)55)76-70(78-71)56-26-18-22-46-20-14-16-24-54(46)56/h13-44H,1-12H3. The Bertz CT molecular complexity index is 4460. The molecule has 0 spiro atoms. The quantitative estimate of drug-likeness (QED) is 0.173. The number of fused-ring (bicyclic) bond motifs is 11. The third-order valence-electron chi connectivity index (χ3n) is 17.1. The van der Waals surface area contributed by atoms with Crippen LogP contribution in [0.2, 0.25) is 0 Å². The number of hydrogen-bond donors (Lipinski definition) is 0. The van der Waals surface area contributed by atoms with Crippen molar-refractivity contribution in [1.29, 1.82) is 0 Å². The minimum Gasteiger partial charge on any atom is -0.309 e. The largest absolute Gasteiger partial charge is 0.309 e. The number of benzene rings is 10. The van der Waals surface area contributed by atoms with Gasteiger partial charge in [-0.25, -0.2) is 4.98 Å². The van der Waals surface area contributed by atoms with Crippen molar-refractivity contribution in [1.82, 2.24) is 28.7 Å². The Kier molecular flexibility index (Phi) is 11.1. The smallest absolute Gasteiger partial charge is 0.238 e. The lowest BCUT2D eigenvalue weighted by Gasteiger charge is -2.19. The van der Waals surface area contributed by atoms with Crippen LogP contribution in [0.25, 0.3) is 127 Å². The molecule has 6 heteroatoms. The monoisotopic (exact) mass is 1050 g/mol. The van der Waals surface area contributed by atoms with E-state index in [4.69, 9.17) is 15.0 Å². The summed E-state index contributed by atoms with van der Waals surface area (Å²) in [4.78, 5) is 16.5. The molecular formula is C75H68N6. The van der Waals surface area contributed by atoms with Crippen molar-refractivity contribution in [2.24, 2.45) is 0 Å². The first kappa shape index (κ1) is 50.4. The molecule has 14 aromatic rings. The van der Waals surface area contributed by atoms with E-state index in [2.05, 4.69) is 291 Å². The zero-order valence-corrected chi connectivity index (χ0v) is 48.7. The maximum atomic E-state index is 5.55. The highest BCUT2D eigenvalue weighted by Crippen LogP contribution is 2.43. The molecule has 0 saturated heterocycles. The number of nitrogens with zero attached hydrogens (tertiary/aromatic N) is 6. The molecule has 4 aromatic heterocycles. The molecule has 0 radical (unpaired) electrons. The van der Waals surface area contributed by atoms with Gasteiger partial charge in [-0.15, -0.1) is 0 Å². The zero-order valence-electron chi connectivity index (χ0n) is 48.7. The van der Waals surface area contributed by atoms with Gasteiger partial charge in [-0.2, -0.15) is 9.97 Å². The van der Waals surface area contributed by atoms with Gasteiger partial charge in [0.1, 0.15) is 0 Å². The van der Waals surface area contributed by atoms with E-state index in [0.717, 1.165) is 65.9 Å². The van der Waals surface area contributed by atoms with Crippen molar-refractivity contribution in [2.45, 2.75) is 105 Å². The van der Waals surface area contributed by atoms with E-state index in [0.29, 0.717) is 17.6 Å². The number of rotatable bonds is 5. The van der Waals surface area contributed by atoms with E-state index in [1.54, 1.807) is 0 Å². The second-order valence-electron chi connectivity index (χ2n) is 26.7. The Labute approximate surface area is 474 Å². The topological polar surface area (TPSA) is 53.5 Å². The molecule has 10 aromatic carbocycles. The molecule has 14 rings (SSSR count). The predicted octanol–water partition coefficient (Wildman–Crippen LogP) is 20.0. The Morgan fingerprint density at radius 1 is 0.259 bits per heavy atom. The van der Waals surface area contributed by atoms with Gasteiger partial charge < -0.3 is 9.13 Å². The van der Waals surface area contributed by atoms with E-state index in [1.807, 2.05) is 0 Å². The molecule has 0 aliphatic heterocycles. The Balaban J connectivity index is 1.08. The summed E-state index contributed by atoms with van der Waals surface area (Å²) in [5.74, 6) is 1.79. The molecule has 0 unspecified atom stereocenters. The second-order valence-corrected chi connectivity index (χ2v) is 26.7. The van der Waals surface area contributed by atoms with Gasteiger partial charge in [-0.1, -0.05) is 192 Å². The lowest BCUT2D eigenvalue weighted by Crippen LogP contribution is -2.10. The van der Waals surface area contributed by atoms with Gasteiger partial charge in [0.25, 0.3) is 0 Å². The molecule has 0 saturated carbocycles. The zero-order chi connectivity index (χ0) is 56.1. The minimum absolute atomic E-state index is 0.0151. The third kappa shape index (κ3) is 8.24. The fourth-order valence-electron chi connectivity index (χ4n) is 12.5. The lowest BCUT2D eigenvalue weighted by molar-refractivity contribution is 0.590. The molecule has 81 heavy (non-hydrogen) atoms. The van der Waals surface area contributed by atoms with Gasteiger partial charge in [-0.05, 0) is 150 Å². The molecule has 398 valence electrons. The van der Waals surface area contributed by atoms with Crippen LogP contribution in [0.5, 0.6) is 0 Å². The Morgan fingerprint density at radius 2 is 0.556 bits per heavy atom. The normalized spacial score (nSPS) is 12.9. The van der Waals surface area contributed by atoms with Gasteiger partial charge in [0.05, 0.1) is 33.1 Å². The van der Waals surface area contributed by atoms with Crippen LogP contribution in [0.1, 0.15) is 105 Å². The van der Waals surface area contributed by atoms with E-state index in [1.165, 1.54) is 65.9 Å². The summed E-state index contributed by atoms with van der Waals surface area (Å²) in [5, 5.41) is 11.7. The Hall–Kier alpha value is -8.87. The SMILES string of the molecule is CC(C)(C)c1ccc2c(c1)c1cc(C(C)(C)C)ccc1n2-c1ccc2c(c1)c1cc(-n3c4ccc(C(C)(C)C)cc4c4cc(C(C)(C)C)ccc43)ccc1n2-c1nc(-c2cccc3ccccc23)nc(-c2cccc3ccccc23)n1. The van der Waals surface area contributed by atoms with Crippen molar-refractivity contribution in [3.63, 3.8) is 0 Å². The summed E-state index contributed by atoms with van der Waals surface area (Å²) in [7, 11) is 0. The van der Waals surface area contributed by atoms with Gasteiger partial charge >= 0.3 is 0 Å². The second kappa shape index (κ2) is 17.8. The van der Waals surface area contributed by atoms with E-state index >= 15 is 0 Å². The van der Waals surface area contributed by atoms with Gasteiger partial charge in [0.2, 0.25) is 5.95 Å². The van der Waals surface area contributed by atoms with Gasteiger partial charge in [0, 0.05) is 54.8 Å². The summed E-state index contributed by atoms with van der Waals surface area (Å²) < 4.78 is 7.23. The summed E-state index contributed by atoms with van der Waals surface area (Å²) >= 11 is 0. The van der Waals surface area contributed by atoms with E-state index in [-0.39, 0.29) is 21.7 Å². The molecule has 6 nitrogen and oxygen atoms in total. The van der Waals surface area contributed by atoms with Crippen LogP contribution in [-0.2, 0) is 21.7 Å². The van der Waals surface area contributed by atoms with Gasteiger partial charge in [0.15, 0.2) is 11.6 Å². The van der Waals surface area contributed by atoms with Crippen LogP contribution >= 0.6 is 0 Å². The Morgan fingerprint density at radius 3 is 0.901 bits per heavy atom. The van der Waals surface area contributed by atoms with Crippen LogP contribution in [-0.4, -0.2) is 28.7 Å². The predicted molar refractivity (Wildman–Crippen MR) is 344 cm³/mol. The fourth-order valence-corrected chi connectivity index (χ4v) is 12.5. The summed E-state index contributed by atoms with van der Waals surface area (Å²) in [6, 6.07) is 72.1. The van der Waals surface area contributed by atoms with E-state index in [9.17, 15) is 0 Å². The molecule has 0 amide bonds. The first-order valence-corrected chi connectivity index (χ1v) is 28.7. The molecule has 0 aliphatic rings. The summed E-state index contributed by atoms with van der Waals surface area (Å²) in [6.07, 6.45) is 0. The van der Waals surface area contributed by atoms with Crippen LogP contribution in [0.3, 0.4) is 0 Å². The van der Waals surface area contributed by atoms with Crippen molar-refractivity contribution >= 4 is 87.0 Å². The highest BCUT2D eigenvalue weighted by Gasteiger charge is 2.26. The van der Waals surface area contributed by atoms with Crippen molar-refractivity contribution < 1.29 is 0 Å². The molecule has 0 aliphatic carbocycles. The number of hydrogen-bond acceptors (Lipinski definition) is 3. The van der Waals surface area contributed by atoms with Crippen molar-refractivity contribution in [3.8, 4) is 40.1 Å². The molecule has 4 heterocycles. The lowest BCUT2D eigenvalue weighted by atomic mass is 9.85. The molecular weight excluding hydrogens is 985 g/mol. The minimum atomic E-state index is -0.0151. The average Bonchev–Trinajstić information content (AvgIpc) is 4.31.